The fourth-order valence-electron chi connectivity index (χ4n) is 2.39. The average Bonchev–Trinajstić information content (AvgIpc) is 3.07. The van der Waals surface area contributed by atoms with Crippen molar-refractivity contribution in [1.29, 1.82) is 0 Å². The summed E-state index contributed by atoms with van der Waals surface area (Å²) in [6.07, 6.45) is 0.504. The van der Waals surface area contributed by atoms with Crippen molar-refractivity contribution in [3.8, 4) is 0 Å². The largest absolute Gasteiger partial charge is 0.440 e. The van der Waals surface area contributed by atoms with Crippen molar-refractivity contribution in [1.82, 2.24) is 5.32 Å². The Morgan fingerprint density at radius 2 is 2.00 bits per heavy atom. The second kappa shape index (κ2) is 6.02. The van der Waals surface area contributed by atoms with Gasteiger partial charge in [-0.2, -0.15) is 0 Å². The van der Waals surface area contributed by atoms with E-state index in [4.69, 9.17) is 27.6 Å². The number of anilines is 1. The van der Waals surface area contributed by atoms with Crippen LogP contribution in [-0.4, -0.2) is 24.4 Å². The van der Waals surface area contributed by atoms with Crippen LogP contribution in [-0.2, 0) is 4.79 Å². The van der Waals surface area contributed by atoms with Gasteiger partial charge in [-0.1, -0.05) is 23.7 Å². The van der Waals surface area contributed by atoms with Crippen LogP contribution in [0.1, 0.15) is 17.0 Å². The lowest BCUT2D eigenvalue weighted by Gasteiger charge is -2.18. The highest BCUT2D eigenvalue weighted by Gasteiger charge is 2.34. The van der Waals surface area contributed by atoms with E-state index in [0.29, 0.717) is 23.7 Å². The Kier molecular flexibility index (Phi) is 4.09. The third kappa shape index (κ3) is 2.82. The third-order valence-electron chi connectivity index (χ3n) is 3.45. The van der Waals surface area contributed by atoms with E-state index in [9.17, 15) is 9.59 Å². The van der Waals surface area contributed by atoms with E-state index in [0.717, 1.165) is 0 Å². The lowest BCUT2D eigenvalue weighted by molar-refractivity contribution is -0.118. The van der Waals surface area contributed by atoms with E-state index in [1.807, 2.05) is 6.07 Å². The molecule has 1 saturated heterocycles. The van der Waals surface area contributed by atoms with Crippen LogP contribution in [0.2, 0.25) is 10.2 Å². The van der Waals surface area contributed by atoms with Gasteiger partial charge in [-0.05, 0) is 42.3 Å². The SMILES string of the molecule is O=C(NC1CCN(c2ccccc2Cl)C1=O)c1ccc(Cl)o1. The zero-order valence-corrected chi connectivity index (χ0v) is 12.9. The number of nitrogens with one attached hydrogen (secondary N) is 1. The lowest BCUT2D eigenvalue weighted by atomic mass is 10.2. The van der Waals surface area contributed by atoms with Crippen molar-refractivity contribution >= 4 is 40.7 Å². The van der Waals surface area contributed by atoms with Gasteiger partial charge >= 0.3 is 0 Å². The van der Waals surface area contributed by atoms with Crippen molar-refractivity contribution < 1.29 is 14.0 Å². The number of para-hydroxylation sites is 1. The normalized spacial score (nSPS) is 17.8. The van der Waals surface area contributed by atoms with Crippen molar-refractivity contribution in [2.24, 2.45) is 0 Å². The molecule has 1 aliphatic heterocycles. The molecular weight excluding hydrogens is 327 g/mol. The van der Waals surface area contributed by atoms with E-state index >= 15 is 0 Å². The molecule has 1 unspecified atom stereocenters. The number of hydrogen-bond acceptors (Lipinski definition) is 3. The van der Waals surface area contributed by atoms with Gasteiger partial charge in [0.2, 0.25) is 5.91 Å². The van der Waals surface area contributed by atoms with Crippen molar-refractivity contribution in [3.63, 3.8) is 0 Å². The molecule has 1 aromatic heterocycles. The molecular formula is C15H12Cl2N2O3. The molecule has 1 fully saturated rings. The average molecular weight is 339 g/mol. The van der Waals surface area contributed by atoms with Crippen LogP contribution >= 0.6 is 23.2 Å². The second-order valence-electron chi connectivity index (χ2n) is 4.86. The lowest BCUT2D eigenvalue weighted by Crippen LogP contribution is -2.41. The number of furan rings is 1. The number of amides is 2. The van der Waals surface area contributed by atoms with E-state index in [-0.39, 0.29) is 16.9 Å². The van der Waals surface area contributed by atoms with Gasteiger partial charge in [-0.25, -0.2) is 0 Å². The van der Waals surface area contributed by atoms with Gasteiger partial charge in [-0.3, -0.25) is 9.59 Å². The van der Waals surface area contributed by atoms with E-state index < -0.39 is 11.9 Å². The van der Waals surface area contributed by atoms with Crippen molar-refractivity contribution in [2.75, 3.05) is 11.4 Å². The molecule has 1 atom stereocenters. The van der Waals surface area contributed by atoms with E-state index in [2.05, 4.69) is 5.32 Å². The van der Waals surface area contributed by atoms with Gasteiger partial charge in [0.1, 0.15) is 6.04 Å². The predicted molar refractivity (Wildman–Crippen MR) is 83.4 cm³/mol. The van der Waals surface area contributed by atoms with Crippen LogP contribution in [0.25, 0.3) is 0 Å². The highest BCUT2D eigenvalue weighted by atomic mass is 35.5. The summed E-state index contributed by atoms with van der Waals surface area (Å²) in [5.41, 5.74) is 0.645. The molecule has 1 aliphatic rings. The quantitative estimate of drug-likeness (QED) is 0.935. The summed E-state index contributed by atoms with van der Waals surface area (Å²) in [4.78, 5) is 26.0. The summed E-state index contributed by atoms with van der Waals surface area (Å²) in [6, 6.07) is 9.44. The van der Waals surface area contributed by atoms with Crippen LogP contribution in [0.15, 0.2) is 40.8 Å². The minimum Gasteiger partial charge on any atom is -0.440 e. The minimum atomic E-state index is -0.604. The number of rotatable bonds is 3. The standard InChI is InChI=1S/C15H12Cl2N2O3/c16-9-3-1-2-4-11(9)19-8-7-10(15(19)21)18-14(20)12-5-6-13(17)22-12/h1-6,10H,7-8H2,(H,18,20). The topological polar surface area (TPSA) is 62.6 Å². The summed E-state index contributed by atoms with van der Waals surface area (Å²) in [5, 5.41) is 3.28. The molecule has 114 valence electrons. The second-order valence-corrected chi connectivity index (χ2v) is 5.64. The van der Waals surface area contributed by atoms with Crippen molar-refractivity contribution in [2.45, 2.75) is 12.5 Å². The van der Waals surface area contributed by atoms with Gasteiger partial charge < -0.3 is 14.6 Å². The molecule has 7 heteroatoms. The molecule has 0 aliphatic carbocycles. The number of carbonyl (C=O) groups is 2. The van der Waals surface area contributed by atoms with Crippen LogP contribution in [0, 0.1) is 0 Å². The van der Waals surface area contributed by atoms with Crippen LogP contribution in [0.5, 0.6) is 0 Å². The van der Waals surface area contributed by atoms with Crippen LogP contribution in [0.3, 0.4) is 0 Å². The molecule has 1 aromatic carbocycles. The first-order chi connectivity index (χ1) is 10.6. The Morgan fingerprint density at radius 1 is 1.23 bits per heavy atom. The Labute approximate surface area is 136 Å². The first-order valence-corrected chi connectivity index (χ1v) is 7.44. The van der Waals surface area contributed by atoms with Gasteiger partial charge in [-0.15, -0.1) is 0 Å². The zero-order valence-electron chi connectivity index (χ0n) is 11.4. The van der Waals surface area contributed by atoms with Gasteiger partial charge in [0.05, 0.1) is 10.7 Å². The molecule has 2 aromatic rings. The summed E-state index contributed by atoms with van der Waals surface area (Å²) >= 11 is 11.7. The number of nitrogens with zero attached hydrogens (tertiary/aromatic N) is 1. The zero-order chi connectivity index (χ0) is 15.7. The fourth-order valence-corrected chi connectivity index (χ4v) is 2.77. The molecule has 0 bridgehead atoms. The Bertz CT molecular complexity index is 729. The van der Waals surface area contributed by atoms with Crippen LogP contribution < -0.4 is 10.2 Å². The summed E-state index contributed by atoms with van der Waals surface area (Å²) in [6.45, 7) is 0.492. The maximum Gasteiger partial charge on any atom is 0.287 e. The maximum absolute atomic E-state index is 12.4. The third-order valence-corrected chi connectivity index (χ3v) is 3.97. The smallest absolute Gasteiger partial charge is 0.287 e. The summed E-state index contributed by atoms with van der Waals surface area (Å²) < 4.78 is 5.03. The summed E-state index contributed by atoms with van der Waals surface area (Å²) in [5.74, 6) is -0.584. The van der Waals surface area contributed by atoms with Crippen LogP contribution in [0.4, 0.5) is 5.69 Å². The van der Waals surface area contributed by atoms with E-state index in [1.165, 1.54) is 12.1 Å². The summed E-state index contributed by atoms with van der Waals surface area (Å²) in [7, 11) is 0. The Balaban J connectivity index is 1.72. The molecule has 2 heterocycles. The highest BCUT2D eigenvalue weighted by Crippen LogP contribution is 2.29. The number of carbonyl (C=O) groups excluding carboxylic acids is 2. The fraction of sp³-hybridized carbons (Fsp3) is 0.200. The molecule has 5 nitrogen and oxygen atoms in total. The van der Waals surface area contributed by atoms with Crippen molar-refractivity contribution in [3.05, 3.63) is 52.4 Å². The maximum atomic E-state index is 12.4. The predicted octanol–water partition coefficient (Wildman–Crippen LogP) is 3.12. The molecule has 3 rings (SSSR count). The van der Waals surface area contributed by atoms with E-state index in [1.54, 1.807) is 23.1 Å². The first kappa shape index (κ1) is 14.9. The molecule has 1 N–H and O–H groups in total. The highest BCUT2D eigenvalue weighted by molar-refractivity contribution is 6.34. The Hall–Kier alpha value is -1.98. The number of halogens is 2. The van der Waals surface area contributed by atoms with Gasteiger partial charge in [0.25, 0.3) is 5.91 Å². The number of hydrogen-bond donors (Lipinski definition) is 1. The first-order valence-electron chi connectivity index (χ1n) is 6.68. The van der Waals surface area contributed by atoms with Gasteiger partial charge in [0.15, 0.2) is 11.0 Å². The molecule has 22 heavy (non-hydrogen) atoms. The Morgan fingerprint density at radius 3 is 2.68 bits per heavy atom. The number of benzene rings is 1. The minimum absolute atomic E-state index is 0.0778. The monoisotopic (exact) mass is 338 g/mol. The molecule has 2 amide bonds. The van der Waals surface area contributed by atoms with Gasteiger partial charge in [0, 0.05) is 6.54 Å². The molecule has 0 radical (unpaired) electrons. The molecule has 0 spiro atoms. The molecule has 0 saturated carbocycles.